The number of rotatable bonds is 4. The number of Topliss-reactive ketones (excluding diaryl/α,β-unsaturated/α-hetero) is 1. The third-order valence-electron chi connectivity index (χ3n) is 5.47. The number of H-pyrrole nitrogens is 2. The van der Waals surface area contributed by atoms with Crippen molar-refractivity contribution in [3.05, 3.63) is 62.8 Å². The summed E-state index contributed by atoms with van der Waals surface area (Å²) < 4.78 is 110. The molecule has 0 aliphatic carbocycles. The zero-order valence-electron chi connectivity index (χ0n) is 23.1. The number of nitrogens with zero attached hydrogens (tertiary/aromatic N) is 6. The minimum atomic E-state index is -5.05. The summed E-state index contributed by atoms with van der Waals surface area (Å²) in [6, 6.07) is 0.520. The fraction of sp³-hybridized carbons (Fsp3) is 0.167. The highest BCUT2D eigenvalue weighted by atomic mass is 19.4. The highest BCUT2D eigenvalue weighted by Crippen LogP contribution is 2.35. The van der Waals surface area contributed by atoms with E-state index < -0.39 is 87.9 Å². The van der Waals surface area contributed by atoms with Gasteiger partial charge in [-0.2, -0.15) is 39.5 Å². The molecule has 0 radical (unpaired) electrons. The first-order chi connectivity index (χ1) is 22.7. The van der Waals surface area contributed by atoms with Gasteiger partial charge in [0.15, 0.2) is 45.7 Å². The van der Waals surface area contributed by atoms with Gasteiger partial charge in [-0.25, -0.2) is 19.9 Å². The molecule has 0 saturated heterocycles. The fourth-order valence-corrected chi connectivity index (χ4v) is 3.44. The number of fused-ring (bicyclic) bond motifs is 2. The SMILES string of the molecule is O=C(C/C(=N/O)C(F)(F)F)c1c(O)c2nccnc2[nH]c1=O.O=CC(F)(F)F.O=c1[nH]c2nccnc2c(O)c1-c1cc(C(F)(F)F)no1. The minimum absolute atomic E-state index is 0.000639. The van der Waals surface area contributed by atoms with Gasteiger partial charge in [0.1, 0.15) is 22.2 Å². The van der Waals surface area contributed by atoms with E-state index in [4.69, 9.17) is 10.0 Å². The molecule has 5 heterocycles. The molecule has 5 aromatic heterocycles. The fourth-order valence-electron chi connectivity index (χ4n) is 3.44. The Labute approximate surface area is 260 Å². The Morgan fingerprint density at radius 2 is 1.33 bits per heavy atom. The second-order valence-electron chi connectivity index (χ2n) is 8.74. The molecule has 5 N–H and O–H groups in total. The first kappa shape index (κ1) is 37.0. The zero-order valence-corrected chi connectivity index (χ0v) is 23.1. The van der Waals surface area contributed by atoms with Crippen molar-refractivity contribution in [3.8, 4) is 22.8 Å². The van der Waals surface area contributed by atoms with Crippen molar-refractivity contribution in [3.63, 3.8) is 0 Å². The number of alkyl halides is 9. The lowest BCUT2D eigenvalue weighted by molar-refractivity contribution is -0.156. The zero-order chi connectivity index (χ0) is 36.9. The molecule has 0 aliphatic rings. The molecule has 0 bridgehead atoms. The maximum Gasteiger partial charge on any atom is 0.446 e. The highest BCUT2D eigenvalue weighted by molar-refractivity contribution is 6.13. The monoisotopic (exact) mass is 712 g/mol. The lowest BCUT2D eigenvalue weighted by Crippen LogP contribution is -2.28. The van der Waals surface area contributed by atoms with Crippen LogP contribution in [0.25, 0.3) is 33.7 Å². The average molecular weight is 712 g/mol. The molecule has 0 saturated carbocycles. The third kappa shape index (κ3) is 8.89. The van der Waals surface area contributed by atoms with E-state index in [1.165, 1.54) is 18.6 Å². The van der Waals surface area contributed by atoms with Crippen LogP contribution < -0.4 is 11.1 Å². The summed E-state index contributed by atoms with van der Waals surface area (Å²) in [5.74, 6) is -3.42. The van der Waals surface area contributed by atoms with Crippen molar-refractivity contribution in [1.29, 1.82) is 0 Å². The number of aldehydes is 1. The quantitative estimate of drug-likeness (QED) is 0.0448. The second kappa shape index (κ2) is 14.1. The topological polar surface area (TPSA) is 250 Å². The van der Waals surface area contributed by atoms with E-state index in [-0.39, 0.29) is 22.3 Å². The molecule has 16 nitrogen and oxygen atoms in total. The normalized spacial score (nSPS) is 12.1. The Kier molecular flexibility index (Phi) is 10.7. The van der Waals surface area contributed by atoms with Crippen LogP contribution in [0.2, 0.25) is 0 Å². The molecule has 0 fully saturated rings. The van der Waals surface area contributed by atoms with Crippen LogP contribution in [0.3, 0.4) is 0 Å². The van der Waals surface area contributed by atoms with Gasteiger partial charge in [-0.15, -0.1) is 0 Å². The van der Waals surface area contributed by atoms with Gasteiger partial charge < -0.3 is 29.9 Å². The van der Waals surface area contributed by atoms with Gasteiger partial charge >= 0.3 is 18.5 Å². The molecule has 5 aromatic rings. The third-order valence-corrected chi connectivity index (χ3v) is 5.47. The van der Waals surface area contributed by atoms with Crippen molar-refractivity contribution < 1.29 is 69.0 Å². The Morgan fingerprint density at radius 3 is 1.78 bits per heavy atom. The van der Waals surface area contributed by atoms with Crippen molar-refractivity contribution in [2.24, 2.45) is 5.16 Å². The molecule has 0 aliphatic heterocycles. The van der Waals surface area contributed by atoms with Gasteiger partial charge in [0.25, 0.3) is 11.1 Å². The Bertz CT molecular complexity index is 2160. The number of hydrogen-bond donors (Lipinski definition) is 5. The molecule has 5 rings (SSSR count). The van der Waals surface area contributed by atoms with Gasteiger partial charge in [0, 0.05) is 30.9 Å². The van der Waals surface area contributed by atoms with E-state index in [2.05, 4.69) is 39.6 Å². The summed E-state index contributed by atoms with van der Waals surface area (Å²) in [7, 11) is 0. The van der Waals surface area contributed by atoms with Crippen molar-refractivity contribution in [2.45, 2.75) is 24.9 Å². The number of ketones is 1. The van der Waals surface area contributed by atoms with Crippen LogP contribution in [0.1, 0.15) is 22.5 Å². The number of aromatic amines is 2. The molecular formula is C24H13F9N8O8. The average Bonchev–Trinajstić information content (AvgIpc) is 3.50. The standard InChI is InChI=1S/C11H7F3N4O4.C11H5F3N4O3.C2HF3O/c12-11(13,14)5(18-22)3-4(19)6-8(20)7-9(17-10(6)21)16-2-1-15-7;12-11(13,14)5-3-4(21-18-5)6-8(19)7-9(17-10(6)20)16-2-1-15-7;3-2(4,5)1-6/h1-2,22H,3H2,(H2,16,17,20,21);1-3H,(H2,16,17,19,20);1H/b18-5-;;. The van der Waals surface area contributed by atoms with Crippen LogP contribution >= 0.6 is 0 Å². The van der Waals surface area contributed by atoms with E-state index in [1.54, 1.807) is 0 Å². The van der Waals surface area contributed by atoms with Crippen LogP contribution in [0.5, 0.6) is 11.5 Å². The van der Waals surface area contributed by atoms with E-state index in [0.29, 0.717) is 6.07 Å². The number of aromatic hydroxyl groups is 2. The summed E-state index contributed by atoms with van der Waals surface area (Å²) in [5, 5.41) is 33.0. The van der Waals surface area contributed by atoms with Crippen LogP contribution in [0.15, 0.2) is 50.1 Å². The smallest absolute Gasteiger partial charge is 0.446 e. The Hall–Kier alpha value is -6.43. The number of hydrogen-bond acceptors (Lipinski definition) is 14. The largest absolute Gasteiger partial charge is 0.505 e. The highest BCUT2D eigenvalue weighted by Gasteiger charge is 2.39. The van der Waals surface area contributed by atoms with Crippen molar-refractivity contribution >= 4 is 40.1 Å². The van der Waals surface area contributed by atoms with E-state index >= 15 is 0 Å². The van der Waals surface area contributed by atoms with Gasteiger partial charge in [0.2, 0.25) is 6.29 Å². The number of pyridine rings is 2. The molecule has 49 heavy (non-hydrogen) atoms. The lowest BCUT2D eigenvalue weighted by Gasteiger charge is -2.08. The molecule has 0 spiro atoms. The molecular weight excluding hydrogens is 699 g/mol. The number of nitrogens with one attached hydrogen (secondary N) is 2. The lowest BCUT2D eigenvalue weighted by atomic mass is 10.1. The van der Waals surface area contributed by atoms with E-state index in [1.807, 2.05) is 5.16 Å². The van der Waals surface area contributed by atoms with E-state index in [0.717, 1.165) is 6.20 Å². The van der Waals surface area contributed by atoms with Crippen LogP contribution in [-0.2, 0) is 11.0 Å². The Balaban J connectivity index is 0.000000228. The van der Waals surface area contributed by atoms with Gasteiger partial charge in [0.05, 0.1) is 6.42 Å². The Morgan fingerprint density at radius 1 is 0.837 bits per heavy atom. The van der Waals surface area contributed by atoms with Crippen LogP contribution in [-0.4, -0.2) is 80.6 Å². The van der Waals surface area contributed by atoms with Crippen LogP contribution in [0, 0.1) is 0 Å². The molecule has 0 aromatic carbocycles. The molecule has 260 valence electrons. The first-order valence-electron chi connectivity index (χ1n) is 12.2. The van der Waals surface area contributed by atoms with Gasteiger partial charge in [-0.1, -0.05) is 10.3 Å². The minimum Gasteiger partial charge on any atom is -0.505 e. The predicted octanol–water partition coefficient (Wildman–Crippen LogP) is 3.43. The van der Waals surface area contributed by atoms with E-state index in [9.17, 15) is 64.1 Å². The molecule has 25 heteroatoms. The van der Waals surface area contributed by atoms with Crippen molar-refractivity contribution in [2.75, 3.05) is 0 Å². The maximum atomic E-state index is 12.5. The molecule has 0 amide bonds. The molecule has 0 unspecified atom stereocenters. The summed E-state index contributed by atoms with van der Waals surface area (Å²) in [5.41, 5.74) is -6.97. The number of oxime groups is 1. The summed E-state index contributed by atoms with van der Waals surface area (Å²) in [6.45, 7) is 0. The second-order valence-corrected chi connectivity index (χ2v) is 8.74. The van der Waals surface area contributed by atoms with Crippen LogP contribution in [0.4, 0.5) is 39.5 Å². The molecule has 0 atom stereocenters. The number of halogens is 9. The predicted molar refractivity (Wildman–Crippen MR) is 140 cm³/mol. The van der Waals surface area contributed by atoms with Gasteiger partial charge in [-0.3, -0.25) is 19.2 Å². The summed E-state index contributed by atoms with van der Waals surface area (Å²) in [6.07, 6.45) is -12.0. The summed E-state index contributed by atoms with van der Waals surface area (Å²) in [4.78, 5) is 63.5. The first-order valence-corrected chi connectivity index (χ1v) is 12.2. The summed E-state index contributed by atoms with van der Waals surface area (Å²) >= 11 is 0. The van der Waals surface area contributed by atoms with Crippen molar-refractivity contribution in [1.82, 2.24) is 35.1 Å². The number of aromatic nitrogens is 7. The maximum absolute atomic E-state index is 12.5. The number of carbonyl (C=O) groups excluding carboxylic acids is 2. The number of carbonyl (C=O) groups is 2. The van der Waals surface area contributed by atoms with Gasteiger partial charge in [-0.05, 0) is 0 Å².